The number of carbonyl (C=O) groups excluding carboxylic acids is 3. The highest BCUT2D eigenvalue weighted by atomic mass is 16.5. The SMILES string of the molecule is COC(=O)c1ccc(C)c(NC(=O)C2CC(=O)N(c3cccc(C(C)C)c3)C2)c1. The molecule has 0 aromatic heterocycles. The van der Waals surface area contributed by atoms with Gasteiger partial charge in [0.05, 0.1) is 18.6 Å². The van der Waals surface area contributed by atoms with Gasteiger partial charge in [0.1, 0.15) is 0 Å². The Morgan fingerprint density at radius 1 is 1.17 bits per heavy atom. The summed E-state index contributed by atoms with van der Waals surface area (Å²) in [6, 6.07) is 12.9. The molecule has 152 valence electrons. The van der Waals surface area contributed by atoms with Gasteiger partial charge in [-0.1, -0.05) is 32.0 Å². The fraction of sp³-hybridized carbons (Fsp3) is 0.348. The van der Waals surface area contributed by atoms with Crippen molar-refractivity contribution in [2.45, 2.75) is 33.1 Å². The summed E-state index contributed by atoms with van der Waals surface area (Å²) in [4.78, 5) is 38.8. The maximum atomic E-state index is 12.8. The summed E-state index contributed by atoms with van der Waals surface area (Å²) in [5.74, 6) is -0.854. The van der Waals surface area contributed by atoms with Crippen molar-refractivity contribution in [1.82, 2.24) is 0 Å². The van der Waals surface area contributed by atoms with E-state index < -0.39 is 11.9 Å². The van der Waals surface area contributed by atoms with Gasteiger partial charge in [-0.05, 0) is 48.2 Å². The maximum absolute atomic E-state index is 12.8. The molecule has 6 heteroatoms. The first-order valence-electron chi connectivity index (χ1n) is 9.70. The number of benzene rings is 2. The molecule has 0 bridgehead atoms. The Hall–Kier alpha value is -3.15. The molecule has 2 amide bonds. The van der Waals surface area contributed by atoms with Crippen LogP contribution in [0.4, 0.5) is 11.4 Å². The van der Waals surface area contributed by atoms with Gasteiger partial charge in [-0.3, -0.25) is 9.59 Å². The molecule has 1 saturated heterocycles. The summed E-state index contributed by atoms with van der Waals surface area (Å²) in [6.45, 7) is 6.39. The lowest BCUT2D eigenvalue weighted by molar-refractivity contribution is -0.122. The Morgan fingerprint density at radius 2 is 1.93 bits per heavy atom. The number of ether oxygens (including phenoxy) is 1. The third-order valence-corrected chi connectivity index (χ3v) is 5.26. The molecule has 29 heavy (non-hydrogen) atoms. The molecule has 0 radical (unpaired) electrons. The lowest BCUT2D eigenvalue weighted by Crippen LogP contribution is -2.28. The van der Waals surface area contributed by atoms with Crippen molar-refractivity contribution in [3.05, 3.63) is 59.2 Å². The summed E-state index contributed by atoms with van der Waals surface area (Å²) in [7, 11) is 1.31. The van der Waals surface area contributed by atoms with Gasteiger partial charge < -0.3 is 15.0 Å². The highest BCUT2D eigenvalue weighted by Crippen LogP contribution is 2.29. The molecular formula is C23H26N2O4. The molecule has 1 heterocycles. The molecule has 2 aromatic rings. The third-order valence-electron chi connectivity index (χ3n) is 5.26. The lowest BCUT2D eigenvalue weighted by Gasteiger charge is -2.19. The van der Waals surface area contributed by atoms with E-state index in [-0.39, 0.29) is 18.2 Å². The minimum Gasteiger partial charge on any atom is -0.465 e. The Balaban J connectivity index is 1.74. The van der Waals surface area contributed by atoms with Crippen molar-refractivity contribution >= 4 is 29.2 Å². The Bertz CT molecular complexity index is 952. The van der Waals surface area contributed by atoms with Crippen LogP contribution in [0.2, 0.25) is 0 Å². The van der Waals surface area contributed by atoms with Crippen LogP contribution in [0.1, 0.15) is 47.7 Å². The molecule has 1 fully saturated rings. The number of hydrogen-bond acceptors (Lipinski definition) is 4. The number of anilines is 2. The highest BCUT2D eigenvalue weighted by Gasteiger charge is 2.35. The second-order valence-corrected chi connectivity index (χ2v) is 7.67. The Kier molecular flexibility index (Phi) is 6.01. The van der Waals surface area contributed by atoms with Gasteiger partial charge in [0.2, 0.25) is 11.8 Å². The predicted octanol–water partition coefficient (Wildman–Crippen LogP) is 3.90. The van der Waals surface area contributed by atoms with Crippen LogP contribution in [0.5, 0.6) is 0 Å². The van der Waals surface area contributed by atoms with E-state index in [1.165, 1.54) is 7.11 Å². The van der Waals surface area contributed by atoms with Crippen molar-refractivity contribution < 1.29 is 19.1 Å². The minimum absolute atomic E-state index is 0.0638. The largest absolute Gasteiger partial charge is 0.465 e. The summed E-state index contributed by atoms with van der Waals surface area (Å²) in [5.41, 5.74) is 3.71. The predicted molar refractivity (Wildman–Crippen MR) is 112 cm³/mol. The average Bonchev–Trinajstić information content (AvgIpc) is 3.11. The number of esters is 1. The zero-order valence-electron chi connectivity index (χ0n) is 17.2. The number of hydrogen-bond donors (Lipinski definition) is 1. The third kappa shape index (κ3) is 4.47. The summed E-state index contributed by atoms with van der Waals surface area (Å²) in [6.07, 6.45) is 0.160. The fourth-order valence-corrected chi connectivity index (χ4v) is 3.42. The molecule has 2 aromatic carbocycles. The van der Waals surface area contributed by atoms with Crippen LogP contribution in [0.3, 0.4) is 0 Å². The number of carbonyl (C=O) groups is 3. The molecule has 0 saturated carbocycles. The zero-order valence-corrected chi connectivity index (χ0v) is 17.2. The first kappa shape index (κ1) is 20.6. The van der Waals surface area contributed by atoms with E-state index in [1.807, 2.05) is 31.2 Å². The number of amides is 2. The lowest BCUT2D eigenvalue weighted by atomic mass is 10.0. The van der Waals surface area contributed by atoms with Crippen LogP contribution >= 0.6 is 0 Å². The molecule has 1 N–H and O–H groups in total. The normalized spacial score (nSPS) is 16.2. The topological polar surface area (TPSA) is 75.7 Å². The second-order valence-electron chi connectivity index (χ2n) is 7.67. The molecular weight excluding hydrogens is 368 g/mol. The van der Waals surface area contributed by atoms with E-state index in [2.05, 4.69) is 19.2 Å². The van der Waals surface area contributed by atoms with E-state index in [0.29, 0.717) is 23.7 Å². The van der Waals surface area contributed by atoms with Crippen LogP contribution in [0.25, 0.3) is 0 Å². The second kappa shape index (κ2) is 8.47. The highest BCUT2D eigenvalue weighted by molar-refractivity contribution is 6.04. The first-order chi connectivity index (χ1) is 13.8. The number of rotatable bonds is 5. The molecule has 0 aliphatic carbocycles. The van der Waals surface area contributed by atoms with Crippen molar-refractivity contribution in [2.75, 3.05) is 23.9 Å². The van der Waals surface area contributed by atoms with E-state index >= 15 is 0 Å². The van der Waals surface area contributed by atoms with Crippen LogP contribution in [-0.4, -0.2) is 31.4 Å². The molecule has 1 atom stereocenters. The average molecular weight is 394 g/mol. The minimum atomic E-state index is -0.465. The van der Waals surface area contributed by atoms with Crippen molar-refractivity contribution in [3.8, 4) is 0 Å². The number of nitrogens with one attached hydrogen (secondary N) is 1. The van der Waals surface area contributed by atoms with E-state index in [1.54, 1.807) is 23.1 Å². The van der Waals surface area contributed by atoms with Crippen LogP contribution in [0.15, 0.2) is 42.5 Å². The molecule has 6 nitrogen and oxygen atoms in total. The Labute approximate surface area is 170 Å². The maximum Gasteiger partial charge on any atom is 0.337 e. The van der Waals surface area contributed by atoms with Crippen molar-refractivity contribution in [3.63, 3.8) is 0 Å². The fourth-order valence-electron chi connectivity index (χ4n) is 3.42. The van der Waals surface area contributed by atoms with E-state index in [0.717, 1.165) is 16.8 Å². The summed E-state index contributed by atoms with van der Waals surface area (Å²) < 4.78 is 4.74. The zero-order chi connectivity index (χ0) is 21.1. The smallest absolute Gasteiger partial charge is 0.337 e. The van der Waals surface area contributed by atoms with E-state index in [4.69, 9.17) is 4.74 Å². The van der Waals surface area contributed by atoms with Gasteiger partial charge in [-0.25, -0.2) is 4.79 Å². The molecule has 1 aliphatic rings. The monoisotopic (exact) mass is 394 g/mol. The number of aryl methyl sites for hydroxylation is 1. The van der Waals surface area contributed by atoms with E-state index in [9.17, 15) is 14.4 Å². The number of methoxy groups -OCH3 is 1. The molecule has 1 unspecified atom stereocenters. The van der Waals surface area contributed by atoms with Crippen LogP contribution in [-0.2, 0) is 14.3 Å². The number of nitrogens with zero attached hydrogens (tertiary/aromatic N) is 1. The van der Waals surface area contributed by atoms with Gasteiger partial charge in [0, 0.05) is 24.3 Å². The standard InChI is InChI=1S/C23H26N2O4/c1-14(2)16-6-5-7-19(10-16)25-13-18(12-21(25)26)22(27)24-20-11-17(23(28)29-4)9-8-15(20)3/h5-11,14,18H,12-13H2,1-4H3,(H,24,27). The van der Waals surface area contributed by atoms with Crippen molar-refractivity contribution in [1.29, 1.82) is 0 Å². The van der Waals surface area contributed by atoms with Gasteiger partial charge >= 0.3 is 5.97 Å². The summed E-state index contributed by atoms with van der Waals surface area (Å²) >= 11 is 0. The van der Waals surface area contributed by atoms with Gasteiger partial charge in [0.25, 0.3) is 0 Å². The molecule has 3 rings (SSSR count). The van der Waals surface area contributed by atoms with Gasteiger partial charge in [-0.2, -0.15) is 0 Å². The molecule has 0 spiro atoms. The van der Waals surface area contributed by atoms with Crippen molar-refractivity contribution in [2.24, 2.45) is 5.92 Å². The van der Waals surface area contributed by atoms with Gasteiger partial charge in [-0.15, -0.1) is 0 Å². The summed E-state index contributed by atoms with van der Waals surface area (Å²) in [5, 5.41) is 2.87. The quantitative estimate of drug-likeness (QED) is 0.781. The Morgan fingerprint density at radius 3 is 2.62 bits per heavy atom. The van der Waals surface area contributed by atoms with Gasteiger partial charge in [0.15, 0.2) is 0 Å². The van der Waals surface area contributed by atoms with Crippen LogP contribution < -0.4 is 10.2 Å². The molecule has 1 aliphatic heterocycles. The first-order valence-corrected chi connectivity index (χ1v) is 9.70. The van der Waals surface area contributed by atoms with Crippen LogP contribution in [0, 0.1) is 12.8 Å².